The zero-order valence-corrected chi connectivity index (χ0v) is 24.0. The van der Waals surface area contributed by atoms with Crippen molar-refractivity contribution in [3.63, 3.8) is 0 Å². The first-order chi connectivity index (χ1) is 20.0. The first-order valence-electron chi connectivity index (χ1n) is 14.4. The van der Waals surface area contributed by atoms with Crippen molar-refractivity contribution in [1.29, 1.82) is 0 Å². The molecule has 6 rings (SSSR count). The number of imide groups is 1. The molecule has 212 valence electrons. The average Bonchev–Trinajstić information content (AvgIpc) is 3.72. The van der Waals surface area contributed by atoms with E-state index in [1.807, 2.05) is 60.0 Å². The first kappa shape index (κ1) is 27.5. The van der Waals surface area contributed by atoms with Crippen LogP contribution in [0.4, 0.5) is 0 Å². The number of likely N-dealkylation sites (tertiary alicyclic amines) is 1. The van der Waals surface area contributed by atoms with Gasteiger partial charge < -0.3 is 14.6 Å². The summed E-state index contributed by atoms with van der Waals surface area (Å²) in [5.41, 5.74) is 4.62. The number of carbonyl (C=O) groups excluding carboxylic acids is 2. The number of allylic oxidation sites excluding steroid dienone is 1. The third-order valence-electron chi connectivity index (χ3n) is 8.60. The summed E-state index contributed by atoms with van der Waals surface area (Å²) in [6.45, 7) is 3.33. The van der Waals surface area contributed by atoms with Crippen molar-refractivity contribution in [2.45, 2.75) is 45.3 Å². The van der Waals surface area contributed by atoms with E-state index in [0.29, 0.717) is 26.2 Å². The molecule has 2 amide bonds. The highest BCUT2D eigenvalue weighted by Crippen LogP contribution is 2.50. The lowest BCUT2D eigenvalue weighted by atomic mass is 9.69. The van der Waals surface area contributed by atoms with E-state index in [4.69, 9.17) is 9.47 Å². The summed E-state index contributed by atoms with van der Waals surface area (Å²) in [6.07, 6.45) is 5.17. The van der Waals surface area contributed by atoms with Gasteiger partial charge in [0.1, 0.15) is 18.1 Å². The molecule has 3 aliphatic rings. The number of nitrogens with zero attached hydrogens (tertiary/aromatic N) is 1. The molecular weight excluding hydrogens is 534 g/mol. The largest absolute Gasteiger partial charge is 0.508 e. The molecule has 6 nitrogen and oxygen atoms in total. The fourth-order valence-corrected chi connectivity index (χ4v) is 7.24. The summed E-state index contributed by atoms with van der Waals surface area (Å²) in [7, 11) is 0. The maximum atomic E-state index is 13.7. The number of para-hydroxylation sites is 1. The number of hydrogen-bond acceptors (Lipinski definition) is 6. The molecule has 2 aromatic carbocycles. The highest BCUT2D eigenvalue weighted by molar-refractivity contribution is 7.09. The van der Waals surface area contributed by atoms with Crippen LogP contribution in [0.3, 0.4) is 0 Å². The molecule has 0 spiro atoms. The number of carbonyl (C=O) groups is 2. The second-order valence-electron chi connectivity index (χ2n) is 11.1. The van der Waals surface area contributed by atoms with Crippen molar-refractivity contribution in [3.05, 3.63) is 99.3 Å². The van der Waals surface area contributed by atoms with Crippen LogP contribution in [0, 0.1) is 17.8 Å². The summed E-state index contributed by atoms with van der Waals surface area (Å²) in [4.78, 5) is 29.8. The van der Waals surface area contributed by atoms with Gasteiger partial charge in [0.15, 0.2) is 0 Å². The van der Waals surface area contributed by atoms with Crippen LogP contribution in [0.5, 0.6) is 11.5 Å². The molecule has 1 N–H and O–H groups in total. The minimum atomic E-state index is -0.374. The Kier molecular flexibility index (Phi) is 8.08. The fourth-order valence-electron chi connectivity index (χ4n) is 6.55. The third kappa shape index (κ3) is 5.74. The quantitative estimate of drug-likeness (QED) is 0.219. The van der Waals surface area contributed by atoms with Crippen molar-refractivity contribution in [3.8, 4) is 11.5 Å². The minimum absolute atomic E-state index is 0.0651. The highest BCUT2D eigenvalue weighted by Gasteiger charge is 2.57. The van der Waals surface area contributed by atoms with Crippen LogP contribution in [0.2, 0.25) is 0 Å². The van der Waals surface area contributed by atoms with Gasteiger partial charge in [-0.2, -0.15) is 0 Å². The molecule has 0 saturated carbocycles. The molecule has 3 aromatic rings. The summed E-state index contributed by atoms with van der Waals surface area (Å²) >= 11 is 1.57. The number of hydrogen-bond donors (Lipinski definition) is 1. The van der Waals surface area contributed by atoms with E-state index in [-0.39, 0.29) is 41.4 Å². The smallest absolute Gasteiger partial charge is 0.234 e. The molecule has 7 heteroatoms. The van der Waals surface area contributed by atoms with Crippen LogP contribution < -0.4 is 4.74 Å². The SMILES string of the molecule is CC/C(=C\c1ccc(O)cc1)CC[C@H]1OC[C@H]2C1=C(COc1ccccc1)C[C@H]1C(=O)N(Cc3cccs3)C(=O)[C@H]12. The Morgan fingerprint density at radius 2 is 1.85 bits per heavy atom. The van der Waals surface area contributed by atoms with Crippen molar-refractivity contribution >= 4 is 29.2 Å². The van der Waals surface area contributed by atoms with Gasteiger partial charge in [-0.15, -0.1) is 11.3 Å². The summed E-state index contributed by atoms with van der Waals surface area (Å²) < 4.78 is 12.6. The van der Waals surface area contributed by atoms with E-state index < -0.39 is 0 Å². The van der Waals surface area contributed by atoms with Crippen molar-refractivity contribution in [1.82, 2.24) is 4.90 Å². The predicted molar refractivity (Wildman–Crippen MR) is 159 cm³/mol. The number of aromatic hydroxyl groups is 1. The van der Waals surface area contributed by atoms with Crippen molar-refractivity contribution < 1.29 is 24.2 Å². The number of thiophene rings is 1. The molecule has 0 unspecified atom stereocenters. The van der Waals surface area contributed by atoms with Gasteiger partial charge in [0.05, 0.1) is 31.1 Å². The molecule has 1 aliphatic carbocycles. The molecule has 0 bridgehead atoms. The Morgan fingerprint density at radius 1 is 1.05 bits per heavy atom. The second-order valence-corrected chi connectivity index (χ2v) is 12.1. The molecule has 0 radical (unpaired) electrons. The van der Waals surface area contributed by atoms with Crippen LogP contribution in [0.1, 0.15) is 43.0 Å². The normalized spacial score (nSPS) is 24.1. The Balaban J connectivity index is 1.25. The Hall–Kier alpha value is -3.68. The average molecular weight is 570 g/mol. The van der Waals surface area contributed by atoms with Crippen molar-refractivity contribution in [2.24, 2.45) is 17.8 Å². The second kappa shape index (κ2) is 12.0. The van der Waals surface area contributed by atoms with Gasteiger partial charge in [-0.3, -0.25) is 14.5 Å². The number of fused-ring (bicyclic) bond motifs is 3. The standard InChI is InChI=1S/C34H35NO5S/c1-2-22(17-23-10-13-25(36)14-11-23)12-15-30-31-24(20-39-26-7-4-3-5-8-26)18-28-32(29(31)21-40-30)34(38)35(33(28)37)19-27-9-6-16-41-27/h3-11,13-14,16-17,28-30,32,36H,2,12,15,18-21H2,1H3/b22-17+/t28-,29+,30-,32-/m1/s1. The lowest BCUT2D eigenvalue weighted by Gasteiger charge is -2.31. The molecule has 4 atom stereocenters. The van der Waals surface area contributed by atoms with E-state index in [1.165, 1.54) is 16.0 Å². The summed E-state index contributed by atoms with van der Waals surface area (Å²) in [5.74, 6) is 0.0573. The number of rotatable bonds is 10. The fraction of sp³-hybridized carbons (Fsp3) is 0.353. The zero-order valence-electron chi connectivity index (χ0n) is 23.2. The zero-order chi connectivity index (χ0) is 28.3. The maximum Gasteiger partial charge on any atom is 0.234 e. The van der Waals surface area contributed by atoms with Crippen molar-refractivity contribution in [2.75, 3.05) is 13.2 Å². The third-order valence-corrected chi connectivity index (χ3v) is 9.46. The molecule has 41 heavy (non-hydrogen) atoms. The molecule has 3 heterocycles. The number of phenols is 1. The van der Waals surface area contributed by atoms with Crippen LogP contribution in [-0.4, -0.2) is 41.1 Å². The number of benzene rings is 2. The predicted octanol–water partition coefficient (Wildman–Crippen LogP) is 6.62. The van der Waals surface area contributed by atoms with Crippen LogP contribution in [0.25, 0.3) is 6.08 Å². The molecule has 2 fully saturated rings. The molecular formula is C34H35NO5S. The number of amides is 2. The minimum Gasteiger partial charge on any atom is -0.508 e. The molecule has 2 aliphatic heterocycles. The van der Waals surface area contributed by atoms with Gasteiger partial charge in [-0.25, -0.2) is 0 Å². The lowest BCUT2D eigenvalue weighted by molar-refractivity contribution is -0.140. The van der Waals surface area contributed by atoms with Gasteiger partial charge in [0.25, 0.3) is 0 Å². The van der Waals surface area contributed by atoms with E-state index in [0.717, 1.165) is 41.0 Å². The summed E-state index contributed by atoms with van der Waals surface area (Å²) in [5, 5.41) is 11.6. The number of ether oxygens (including phenoxy) is 2. The van der Waals surface area contributed by atoms with E-state index in [2.05, 4.69) is 13.0 Å². The van der Waals surface area contributed by atoms with Gasteiger partial charge in [-0.1, -0.05) is 55.0 Å². The van der Waals surface area contributed by atoms with Gasteiger partial charge in [0.2, 0.25) is 11.8 Å². The van der Waals surface area contributed by atoms with Crippen LogP contribution in [0.15, 0.2) is 88.8 Å². The van der Waals surface area contributed by atoms with Crippen LogP contribution in [-0.2, 0) is 20.9 Å². The van der Waals surface area contributed by atoms with E-state index in [1.54, 1.807) is 23.5 Å². The topological polar surface area (TPSA) is 76.1 Å². The molecule has 1 aromatic heterocycles. The Bertz CT molecular complexity index is 1440. The highest BCUT2D eigenvalue weighted by atomic mass is 32.1. The monoisotopic (exact) mass is 569 g/mol. The van der Waals surface area contributed by atoms with Gasteiger partial charge in [-0.05, 0) is 78.1 Å². The number of phenolic OH excluding ortho intramolecular Hbond substituents is 1. The maximum absolute atomic E-state index is 13.7. The van der Waals surface area contributed by atoms with Crippen LogP contribution >= 0.6 is 11.3 Å². The van der Waals surface area contributed by atoms with Gasteiger partial charge >= 0.3 is 0 Å². The Morgan fingerprint density at radius 3 is 2.59 bits per heavy atom. The first-order valence-corrected chi connectivity index (χ1v) is 15.3. The Labute approximate surface area is 244 Å². The lowest BCUT2D eigenvalue weighted by Crippen LogP contribution is -2.35. The van der Waals surface area contributed by atoms with E-state index in [9.17, 15) is 14.7 Å². The molecule has 2 saturated heterocycles. The van der Waals surface area contributed by atoms with E-state index >= 15 is 0 Å². The summed E-state index contributed by atoms with van der Waals surface area (Å²) in [6, 6.07) is 20.9. The van der Waals surface area contributed by atoms with Gasteiger partial charge in [0, 0.05) is 10.8 Å².